The Hall–Kier alpha value is -3.43. The van der Waals surface area contributed by atoms with Crippen molar-refractivity contribution in [1.82, 2.24) is 8.87 Å². The Morgan fingerprint density at radius 2 is 1.76 bits per heavy atom. The standard InChI is InChI=1S/C25H25N3O5S/c1-33-21-5-2-4-18(13-21)25(30)26-20-8-10-22(11-9-20)34(31,32)27-14-17-12-19(16-27)23-6-3-7-24(29)28(23)15-17/h2-11,13,17,19H,12,14-16H2,1H3,(H,26,30)/t17-,19+/m1/s1. The second-order valence-corrected chi connectivity index (χ2v) is 10.7. The van der Waals surface area contributed by atoms with Crippen molar-refractivity contribution in [2.45, 2.75) is 23.8 Å². The number of aromatic nitrogens is 1. The number of hydrogen-bond donors (Lipinski definition) is 1. The van der Waals surface area contributed by atoms with E-state index in [2.05, 4.69) is 5.32 Å². The fraction of sp³-hybridized carbons (Fsp3) is 0.280. The van der Waals surface area contributed by atoms with E-state index in [9.17, 15) is 18.0 Å². The SMILES string of the molecule is COc1cccc(C(=O)Nc2ccc(S(=O)(=O)N3C[C@H]4C[C@@H](C3)c3cccc(=O)n3C4)cc2)c1. The predicted molar refractivity (Wildman–Crippen MR) is 128 cm³/mol. The molecule has 34 heavy (non-hydrogen) atoms. The number of benzene rings is 2. The number of methoxy groups -OCH3 is 1. The molecule has 0 radical (unpaired) electrons. The number of nitrogens with zero attached hydrogens (tertiary/aromatic N) is 2. The van der Waals surface area contributed by atoms with Gasteiger partial charge in [-0.1, -0.05) is 12.1 Å². The van der Waals surface area contributed by atoms with Crippen molar-refractivity contribution in [2.75, 3.05) is 25.5 Å². The Kier molecular flexibility index (Phi) is 5.75. The minimum atomic E-state index is -3.71. The Bertz CT molecular complexity index is 1400. The summed E-state index contributed by atoms with van der Waals surface area (Å²) in [6.45, 7) is 1.26. The highest BCUT2D eigenvalue weighted by Gasteiger charge is 2.39. The van der Waals surface area contributed by atoms with E-state index >= 15 is 0 Å². The van der Waals surface area contributed by atoms with Crippen molar-refractivity contribution in [1.29, 1.82) is 0 Å². The Labute approximate surface area is 197 Å². The van der Waals surface area contributed by atoms with E-state index in [-0.39, 0.29) is 28.2 Å². The third-order valence-corrected chi connectivity index (χ3v) is 8.37. The number of piperidine rings is 1. The van der Waals surface area contributed by atoms with Crippen molar-refractivity contribution in [3.63, 3.8) is 0 Å². The summed E-state index contributed by atoms with van der Waals surface area (Å²) in [5.74, 6) is 0.361. The molecule has 5 rings (SSSR count). The Balaban J connectivity index is 1.32. The van der Waals surface area contributed by atoms with Crippen molar-refractivity contribution in [3.8, 4) is 5.75 Å². The van der Waals surface area contributed by atoms with Crippen LogP contribution in [0, 0.1) is 5.92 Å². The van der Waals surface area contributed by atoms with Gasteiger partial charge in [0.1, 0.15) is 5.75 Å². The Morgan fingerprint density at radius 3 is 2.53 bits per heavy atom. The molecular weight excluding hydrogens is 454 g/mol. The number of amides is 1. The zero-order valence-corrected chi connectivity index (χ0v) is 19.5. The molecule has 1 fully saturated rings. The molecule has 8 nitrogen and oxygen atoms in total. The number of sulfonamides is 1. The summed E-state index contributed by atoms with van der Waals surface area (Å²) >= 11 is 0. The first-order valence-electron chi connectivity index (χ1n) is 11.1. The minimum Gasteiger partial charge on any atom is -0.497 e. The quantitative estimate of drug-likeness (QED) is 0.607. The number of fused-ring (bicyclic) bond motifs is 4. The number of anilines is 1. The second kappa shape index (κ2) is 8.73. The molecule has 2 bridgehead atoms. The second-order valence-electron chi connectivity index (χ2n) is 8.73. The molecular formula is C25H25N3O5S. The predicted octanol–water partition coefficient (Wildman–Crippen LogP) is 2.92. The van der Waals surface area contributed by atoms with Gasteiger partial charge in [0.15, 0.2) is 0 Å². The molecule has 176 valence electrons. The van der Waals surface area contributed by atoms with Gasteiger partial charge in [0.05, 0.1) is 12.0 Å². The van der Waals surface area contributed by atoms with Gasteiger partial charge in [-0.2, -0.15) is 4.31 Å². The van der Waals surface area contributed by atoms with Gasteiger partial charge in [-0.3, -0.25) is 9.59 Å². The van der Waals surface area contributed by atoms with Crippen LogP contribution in [0.15, 0.2) is 76.4 Å². The minimum absolute atomic E-state index is 0.00222. The smallest absolute Gasteiger partial charge is 0.255 e. The molecule has 2 atom stereocenters. The van der Waals surface area contributed by atoms with Gasteiger partial charge in [0.25, 0.3) is 11.5 Å². The first-order valence-corrected chi connectivity index (χ1v) is 12.5. The molecule has 2 aliphatic rings. The third kappa shape index (κ3) is 4.12. The lowest BCUT2D eigenvalue weighted by Gasteiger charge is -2.42. The molecule has 1 aromatic heterocycles. The molecule has 0 aliphatic carbocycles. The largest absolute Gasteiger partial charge is 0.497 e. The molecule has 1 saturated heterocycles. The van der Waals surface area contributed by atoms with Crippen LogP contribution >= 0.6 is 0 Å². The number of pyridine rings is 1. The molecule has 0 unspecified atom stereocenters. The molecule has 3 heterocycles. The summed E-state index contributed by atoms with van der Waals surface area (Å²) in [7, 11) is -2.17. The molecule has 2 aliphatic heterocycles. The molecule has 0 saturated carbocycles. The number of carbonyl (C=O) groups is 1. The fourth-order valence-corrected chi connectivity index (χ4v) is 6.44. The first-order chi connectivity index (χ1) is 16.3. The van der Waals surface area contributed by atoms with Crippen LogP contribution in [0.4, 0.5) is 5.69 Å². The topological polar surface area (TPSA) is 97.7 Å². The zero-order chi connectivity index (χ0) is 23.9. The monoisotopic (exact) mass is 479 g/mol. The van der Waals surface area contributed by atoms with E-state index in [1.54, 1.807) is 53.1 Å². The fourth-order valence-electron chi connectivity index (χ4n) is 4.88. The lowest BCUT2D eigenvalue weighted by Crippen LogP contribution is -2.48. The van der Waals surface area contributed by atoms with Gasteiger partial charge in [-0.05, 0) is 60.9 Å². The van der Waals surface area contributed by atoms with E-state index in [0.29, 0.717) is 36.6 Å². The lowest BCUT2D eigenvalue weighted by molar-refractivity contribution is 0.102. The van der Waals surface area contributed by atoms with Gasteiger partial charge in [-0.15, -0.1) is 0 Å². The van der Waals surface area contributed by atoms with Crippen LogP contribution < -0.4 is 15.6 Å². The van der Waals surface area contributed by atoms with Crippen molar-refractivity contribution in [2.24, 2.45) is 5.92 Å². The first kappa shape index (κ1) is 22.4. The van der Waals surface area contributed by atoms with Gasteiger partial charge in [-0.25, -0.2) is 8.42 Å². The maximum absolute atomic E-state index is 13.4. The Morgan fingerprint density at radius 1 is 1.00 bits per heavy atom. The molecule has 1 N–H and O–H groups in total. The van der Waals surface area contributed by atoms with E-state index in [1.165, 1.54) is 23.5 Å². The van der Waals surface area contributed by atoms with Gasteiger partial charge in [0.2, 0.25) is 10.0 Å². The maximum Gasteiger partial charge on any atom is 0.255 e. The van der Waals surface area contributed by atoms with E-state index in [0.717, 1.165) is 12.1 Å². The number of carbonyl (C=O) groups excluding carboxylic acids is 1. The van der Waals surface area contributed by atoms with Crippen molar-refractivity contribution < 1.29 is 17.9 Å². The summed E-state index contributed by atoms with van der Waals surface area (Å²) in [4.78, 5) is 24.9. The van der Waals surface area contributed by atoms with Crippen LogP contribution in [0.5, 0.6) is 5.75 Å². The average Bonchev–Trinajstić information content (AvgIpc) is 2.85. The molecule has 1 amide bonds. The van der Waals surface area contributed by atoms with E-state index in [1.807, 2.05) is 6.07 Å². The summed E-state index contributed by atoms with van der Waals surface area (Å²) in [5.41, 5.74) is 1.81. The van der Waals surface area contributed by atoms with E-state index < -0.39 is 10.0 Å². The van der Waals surface area contributed by atoms with Crippen molar-refractivity contribution >= 4 is 21.6 Å². The highest BCUT2D eigenvalue weighted by atomic mass is 32.2. The highest BCUT2D eigenvalue weighted by Crippen LogP contribution is 2.37. The summed E-state index contributed by atoms with van der Waals surface area (Å²) in [6.07, 6.45) is 0.880. The molecule has 3 aromatic rings. The highest BCUT2D eigenvalue weighted by molar-refractivity contribution is 7.89. The van der Waals surface area contributed by atoms with Crippen LogP contribution in [0.1, 0.15) is 28.4 Å². The number of rotatable bonds is 5. The lowest BCUT2D eigenvalue weighted by atomic mass is 9.84. The number of nitrogens with one attached hydrogen (secondary N) is 1. The molecule has 0 spiro atoms. The van der Waals surface area contributed by atoms with Crippen molar-refractivity contribution in [3.05, 3.63) is 88.3 Å². The maximum atomic E-state index is 13.4. The molecule has 2 aromatic carbocycles. The number of hydrogen-bond acceptors (Lipinski definition) is 5. The van der Waals surface area contributed by atoms with Gasteiger partial charge < -0.3 is 14.6 Å². The summed E-state index contributed by atoms with van der Waals surface area (Å²) in [6, 6.07) is 18.2. The summed E-state index contributed by atoms with van der Waals surface area (Å²) in [5, 5.41) is 2.78. The zero-order valence-electron chi connectivity index (χ0n) is 18.7. The average molecular weight is 480 g/mol. The van der Waals surface area contributed by atoms with Crippen LogP contribution in [-0.2, 0) is 16.6 Å². The normalized spacial score (nSPS) is 19.8. The van der Waals surface area contributed by atoms with Crippen LogP contribution in [0.25, 0.3) is 0 Å². The van der Waals surface area contributed by atoms with Gasteiger partial charge in [0, 0.05) is 48.6 Å². The molecule has 9 heteroatoms. The van der Waals surface area contributed by atoms with Crippen LogP contribution in [-0.4, -0.2) is 43.4 Å². The number of ether oxygens (including phenoxy) is 1. The van der Waals surface area contributed by atoms with E-state index in [4.69, 9.17) is 4.74 Å². The van der Waals surface area contributed by atoms with Crippen LogP contribution in [0.2, 0.25) is 0 Å². The third-order valence-electron chi connectivity index (χ3n) is 6.53. The van der Waals surface area contributed by atoms with Gasteiger partial charge >= 0.3 is 0 Å². The summed E-state index contributed by atoms with van der Waals surface area (Å²) < 4.78 is 35.2. The van der Waals surface area contributed by atoms with Crippen LogP contribution in [0.3, 0.4) is 0 Å².